The van der Waals surface area contributed by atoms with Gasteiger partial charge in [0.25, 0.3) is 0 Å². The summed E-state index contributed by atoms with van der Waals surface area (Å²) >= 11 is 0. The quantitative estimate of drug-likeness (QED) is 0.720. The highest BCUT2D eigenvalue weighted by Gasteiger charge is 2.27. The fourth-order valence-electron chi connectivity index (χ4n) is 4.24. The van der Waals surface area contributed by atoms with E-state index in [4.69, 9.17) is 0 Å². The summed E-state index contributed by atoms with van der Waals surface area (Å²) in [5.41, 5.74) is 2.43. The van der Waals surface area contributed by atoms with Crippen LogP contribution >= 0.6 is 0 Å². The lowest BCUT2D eigenvalue weighted by Gasteiger charge is -2.39. The lowest BCUT2D eigenvalue weighted by Crippen LogP contribution is -2.51. The van der Waals surface area contributed by atoms with Gasteiger partial charge in [-0.2, -0.15) is 0 Å². The SMILES string of the molecule is CCC(CC)N1CCN(C(=O)CC(c2ccccc2)c2ccccc2)CC1. The van der Waals surface area contributed by atoms with E-state index in [1.165, 1.54) is 24.0 Å². The molecule has 0 radical (unpaired) electrons. The Morgan fingerprint density at radius 1 is 0.815 bits per heavy atom. The van der Waals surface area contributed by atoms with Gasteiger partial charge >= 0.3 is 0 Å². The Morgan fingerprint density at radius 2 is 1.30 bits per heavy atom. The van der Waals surface area contributed by atoms with Gasteiger partial charge in [0.15, 0.2) is 0 Å². The van der Waals surface area contributed by atoms with Gasteiger partial charge in [0.1, 0.15) is 0 Å². The van der Waals surface area contributed by atoms with Gasteiger partial charge in [-0.15, -0.1) is 0 Å². The molecule has 1 aliphatic heterocycles. The Morgan fingerprint density at radius 3 is 1.74 bits per heavy atom. The van der Waals surface area contributed by atoms with Crippen molar-refractivity contribution >= 4 is 5.91 Å². The smallest absolute Gasteiger partial charge is 0.223 e. The van der Waals surface area contributed by atoms with E-state index in [-0.39, 0.29) is 11.8 Å². The standard InChI is InChI=1S/C24H32N2O/c1-3-22(4-2)25-15-17-26(18-16-25)24(27)19-23(20-11-7-5-8-12-20)21-13-9-6-10-14-21/h5-14,22-23H,3-4,15-19H2,1-2H3. The second kappa shape index (κ2) is 9.70. The molecule has 0 bridgehead atoms. The summed E-state index contributed by atoms with van der Waals surface area (Å²) in [6.07, 6.45) is 2.92. The van der Waals surface area contributed by atoms with Crippen molar-refractivity contribution in [2.75, 3.05) is 26.2 Å². The average molecular weight is 365 g/mol. The molecule has 0 spiro atoms. The number of hydrogen-bond acceptors (Lipinski definition) is 2. The van der Waals surface area contributed by atoms with Gasteiger partial charge in [0.2, 0.25) is 5.91 Å². The third kappa shape index (κ3) is 4.98. The molecule has 3 nitrogen and oxygen atoms in total. The highest BCUT2D eigenvalue weighted by atomic mass is 16.2. The van der Waals surface area contributed by atoms with Crippen LogP contribution in [-0.2, 0) is 4.79 Å². The van der Waals surface area contributed by atoms with Crippen LogP contribution < -0.4 is 0 Å². The summed E-state index contributed by atoms with van der Waals surface area (Å²) in [5.74, 6) is 0.397. The highest BCUT2D eigenvalue weighted by molar-refractivity contribution is 5.78. The molecule has 3 rings (SSSR count). The first kappa shape index (κ1) is 19.6. The second-order valence-electron chi connectivity index (χ2n) is 7.47. The molecule has 1 aliphatic rings. The van der Waals surface area contributed by atoms with Crippen LogP contribution in [0.3, 0.4) is 0 Å². The van der Waals surface area contributed by atoms with Crippen LogP contribution in [0.1, 0.15) is 50.2 Å². The molecule has 2 aromatic carbocycles. The summed E-state index contributed by atoms with van der Waals surface area (Å²) in [4.78, 5) is 17.7. The molecule has 0 aliphatic carbocycles. The van der Waals surface area contributed by atoms with E-state index in [9.17, 15) is 4.79 Å². The predicted molar refractivity (Wildman–Crippen MR) is 112 cm³/mol. The van der Waals surface area contributed by atoms with E-state index in [1.807, 2.05) is 12.1 Å². The molecule has 0 unspecified atom stereocenters. The first-order valence-electron chi connectivity index (χ1n) is 10.3. The second-order valence-corrected chi connectivity index (χ2v) is 7.47. The van der Waals surface area contributed by atoms with Crippen LogP contribution in [0.4, 0.5) is 0 Å². The number of amides is 1. The molecule has 0 atom stereocenters. The summed E-state index contributed by atoms with van der Waals surface area (Å²) in [7, 11) is 0. The van der Waals surface area contributed by atoms with E-state index in [0.29, 0.717) is 12.5 Å². The number of piperazine rings is 1. The summed E-state index contributed by atoms with van der Waals surface area (Å²) < 4.78 is 0. The van der Waals surface area contributed by atoms with Gasteiger partial charge < -0.3 is 4.90 Å². The Labute approximate surface area is 164 Å². The van der Waals surface area contributed by atoms with E-state index in [1.54, 1.807) is 0 Å². The summed E-state index contributed by atoms with van der Waals surface area (Å²) in [5, 5.41) is 0. The predicted octanol–water partition coefficient (Wildman–Crippen LogP) is 4.54. The van der Waals surface area contributed by atoms with Crippen molar-refractivity contribution in [3.8, 4) is 0 Å². The third-order valence-corrected chi connectivity index (χ3v) is 5.91. The number of carbonyl (C=O) groups excluding carboxylic acids is 1. The Balaban J connectivity index is 1.67. The van der Waals surface area contributed by atoms with Crippen molar-refractivity contribution in [3.05, 3.63) is 71.8 Å². The minimum absolute atomic E-state index is 0.122. The maximum absolute atomic E-state index is 13.1. The van der Waals surface area contributed by atoms with Crippen LogP contribution in [0.2, 0.25) is 0 Å². The van der Waals surface area contributed by atoms with E-state index >= 15 is 0 Å². The number of hydrogen-bond donors (Lipinski definition) is 0. The molecule has 1 saturated heterocycles. The Hall–Kier alpha value is -2.13. The zero-order valence-corrected chi connectivity index (χ0v) is 16.7. The minimum Gasteiger partial charge on any atom is -0.340 e. The molecule has 0 aromatic heterocycles. The average Bonchev–Trinajstić information content (AvgIpc) is 2.74. The molecule has 1 fully saturated rings. The molecular formula is C24H32N2O. The number of carbonyl (C=O) groups is 1. The molecule has 0 saturated carbocycles. The molecule has 0 N–H and O–H groups in total. The van der Waals surface area contributed by atoms with Crippen molar-refractivity contribution in [1.82, 2.24) is 9.80 Å². The molecule has 2 aromatic rings. The molecular weight excluding hydrogens is 332 g/mol. The first-order valence-corrected chi connectivity index (χ1v) is 10.3. The Bertz CT molecular complexity index is 649. The van der Waals surface area contributed by atoms with Crippen LogP contribution in [-0.4, -0.2) is 47.9 Å². The van der Waals surface area contributed by atoms with Crippen molar-refractivity contribution in [3.63, 3.8) is 0 Å². The normalized spacial score (nSPS) is 15.5. The van der Waals surface area contributed by atoms with Crippen molar-refractivity contribution in [1.29, 1.82) is 0 Å². The van der Waals surface area contributed by atoms with Crippen molar-refractivity contribution in [2.45, 2.75) is 45.1 Å². The molecule has 144 valence electrons. The topological polar surface area (TPSA) is 23.6 Å². The molecule has 3 heteroatoms. The fourth-order valence-corrected chi connectivity index (χ4v) is 4.24. The van der Waals surface area contributed by atoms with Gasteiger partial charge in [0.05, 0.1) is 0 Å². The van der Waals surface area contributed by atoms with Gasteiger partial charge in [-0.1, -0.05) is 74.5 Å². The van der Waals surface area contributed by atoms with Gasteiger partial charge in [-0.05, 0) is 24.0 Å². The maximum Gasteiger partial charge on any atom is 0.223 e. The van der Waals surface area contributed by atoms with Crippen LogP contribution in [0.15, 0.2) is 60.7 Å². The number of nitrogens with zero attached hydrogens (tertiary/aromatic N) is 2. The molecule has 1 amide bonds. The maximum atomic E-state index is 13.1. The van der Waals surface area contributed by atoms with Crippen molar-refractivity contribution in [2.24, 2.45) is 0 Å². The lowest BCUT2D eigenvalue weighted by atomic mass is 9.88. The zero-order valence-electron chi connectivity index (χ0n) is 16.7. The van der Waals surface area contributed by atoms with Gasteiger partial charge in [-0.3, -0.25) is 9.69 Å². The van der Waals surface area contributed by atoms with Gasteiger partial charge in [0, 0.05) is 44.6 Å². The van der Waals surface area contributed by atoms with Crippen LogP contribution in [0, 0.1) is 0 Å². The monoisotopic (exact) mass is 364 g/mol. The van der Waals surface area contributed by atoms with Gasteiger partial charge in [-0.25, -0.2) is 0 Å². The first-order chi connectivity index (χ1) is 13.2. The highest BCUT2D eigenvalue weighted by Crippen LogP contribution is 2.29. The summed E-state index contributed by atoms with van der Waals surface area (Å²) in [6.45, 7) is 8.22. The molecule has 27 heavy (non-hydrogen) atoms. The van der Waals surface area contributed by atoms with Crippen molar-refractivity contribution < 1.29 is 4.79 Å². The van der Waals surface area contributed by atoms with Crippen LogP contribution in [0.5, 0.6) is 0 Å². The van der Waals surface area contributed by atoms with E-state index in [0.717, 1.165) is 26.2 Å². The number of rotatable bonds is 7. The Kier molecular flexibility index (Phi) is 7.05. The fraction of sp³-hybridized carbons (Fsp3) is 0.458. The van der Waals surface area contributed by atoms with E-state index < -0.39 is 0 Å². The zero-order chi connectivity index (χ0) is 19.1. The van der Waals surface area contributed by atoms with Crippen LogP contribution in [0.25, 0.3) is 0 Å². The summed E-state index contributed by atoms with van der Waals surface area (Å²) in [6, 6.07) is 21.5. The van der Waals surface area contributed by atoms with E-state index in [2.05, 4.69) is 72.2 Å². The largest absolute Gasteiger partial charge is 0.340 e. The molecule has 1 heterocycles. The minimum atomic E-state index is 0.122. The lowest BCUT2D eigenvalue weighted by molar-refractivity contribution is -0.133. The third-order valence-electron chi connectivity index (χ3n) is 5.91. The number of benzene rings is 2.